The van der Waals surface area contributed by atoms with E-state index in [-0.39, 0.29) is 29.7 Å². The summed E-state index contributed by atoms with van der Waals surface area (Å²) >= 11 is 0. The predicted octanol–water partition coefficient (Wildman–Crippen LogP) is 2.56. The third-order valence-electron chi connectivity index (χ3n) is 5.36. The first-order valence-corrected chi connectivity index (χ1v) is 6.85. The summed E-state index contributed by atoms with van der Waals surface area (Å²) in [5, 5.41) is 0. The van der Waals surface area contributed by atoms with Crippen LogP contribution in [0.1, 0.15) is 34.1 Å². The van der Waals surface area contributed by atoms with Crippen LogP contribution in [0.2, 0.25) is 0 Å². The van der Waals surface area contributed by atoms with Crippen molar-refractivity contribution in [3.8, 4) is 0 Å². The zero-order valence-electron chi connectivity index (χ0n) is 11.4. The van der Waals surface area contributed by atoms with Crippen molar-refractivity contribution in [1.82, 2.24) is 0 Å². The molecule has 1 heterocycles. The second kappa shape index (κ2) is 3.46. The van der Waals surface area contributed by atoms with Crippen LogP contribution < -0.4 is 0 Å². The number of rotatable bonds is 1. The van der Waals surface area contributed by atoms with E-state index in [1.165, 1.54) is 5.57 Å². The first-order chi connectivity index (χ1) is 8.37. The van der Waals surface area contributed by atoms with Crippen LogP contribution >= 0.6 is 0 Å². The minimum atomic E-state index is -0.609. The van der Waals surface area contributed by atoms with Crippen LogP contribution in [0.25, 0.3) is 0 Å². The van der Waals surface area contributed by atoms with E-state index in [1.807, 2.05) is 6.92 Å². The van der Waals surface area contributed by atoms with Crippen LogP contribution in [0.4, 0.5) is 0 Å². The third-order valence-corrected chi connectivity index (χ3v) is 5.36. The molecule has 0 aromatic heterocycles. The minimum absolute atomic E-state index is 0.177. The van der Waals surface area contributed by atoms with Crippen LogP contribution in [0.15, 0.2) is 11.6 Å². The average Bonchev–Trinajstić information content (AvgIpc) is 2.52. The molecule has 18 heavy (non-hydrogen) atoms. The molecule has 0 radical (unpaired) electrons. The normalized spacial score (nSPS) is 46.2. The predicted molar refractivity (Wildman–Crippen MR) is 66.4 cm³/mol. The fourth-order valence-electron chi connectivity index (χ4n) is 4.33. The molecule has 0 N–H and O–H groups in total. The molecule has 5 unspecified atom stereocenters. The molecule has 0 amide bonds. The van der Waals surface area contributed by atoms with Gasteiger partial charge in [0.2, 0.25) is 0 Å². The smallest absolute Gasteiger partial charge is 0.320 e. The molecule has 0 aromatic carbocycles. The second-order valence-electron chi connectivity index (χ2n) is 6.63. The molecule has 3 aliphatic carbocycles. The van der Waals surface area contributed by atoms with Crippen molar-refractivity contribution in [1.29, 1.82) is 0 Å². The molecule has 4 rings (SSSR count). The average molecular weight is 248 g/mol. The van der Waals surface area contributed by atoms with E-state index in [9.17, 15) is 9.59 Å². The number of allylic oxidation sites excluding steroid dienone is 2. The van der Waals surface area contributed by atoms with E-state index < -0.39 is 5.41 Å². The number of hydrogen-bond acceptors (Lipinski definition) is 3. The summed E-state index contributed by atoms with van der Waals surface area (Å²) in [4.78, 5) is 24.1. The fourth-order valence-corrected chi connectivity index (χ4v) is 4.33. The van der Waals surface area contributed by atoms with Gasteiger partial charge in [-0.1, -0.05) is 32.4 Å². The maximum absolute atomic E-state index is 12.1. The second-order valence-corrected chi connectivity index (χ2v) is 6.63. The highest BCUT2D eigenvalue weighted by Gasteiger charge is 2.66. The number of cyclic esters (lactones) is 2. The van der Waals surface area contributed by atoms with Gasteiger partial charge in [-0.3, -0.25) is 9.59 Å². The number of fused-ring (bicyclic) bond motifs is 1. The molecule has 3 nitrogen and oxygen atoms in total. The standard InChI is InChI=1S/C15H20O3/c1-7(2)9-6-10-8(3)5-11(9)15(4)12(10)13(16)18-14(15)17/h6-8,10-12H,5H2,1-4H3. The summed E-state index contributed by atoms with van der Waals surface area (Å²) in [5.74, 6) is 0.410. The maximum Gasteiger partial charge on any atom is 0.320 e. The van der Waals surface area contributed by atoms with Crippen LogP contribution in [0, 0.1) is 35.0 Å². The maximum atomic E-state index is 12.1. The van der Waals surface area contributed by atoms with E-state index in [1.54, 1.807) is 0 Å². The molecule has 4 aliphatic rings. The molecule has 1 saturated heterocycles. The van der Waals surface area contributed by atoms with Gasteiger partial charge >= 0.3 is 11.9 Å². The molecular formula is C15H20O3. The van der Waals surface area contributed by atoms with Gasteiger partial charge in [-0.2, -0.15) is 0 Å². The van der Waals surface area contributed by atoms with Gasteiger partial charge in [-0.05, 0) is 37.0 Å². The Bertz CT molecular complexity index is 462. The summed E-state index contributed by atoms with van der Waals surface area (Å²) in [6, 6.07) is 0. The van der Waals surface area contributed by atoms with Gasteiger partial charge in [0.15, 0.2) is 0 Å². The topological polar surface area (TPSA) is 43.4 Å². The number of esters is 2. The van der Waals surface area contributed by atoms with Crippen molar-refractivity contribution in [2.75, 3.05) is 0 Å². The van der Waals surface area contributed by atoms with E-state index in [0.717, 1.165) is 6.42 Å². The highest BCUT2D eigenvalue weighted by Crippen LogP contribution is 2.61. The largest absolute Gasteiger partial charge is 0.392 e. The molecule has 2 bridgehead atoms. The van der Waals surface area contributed by atoms with E-state index in [0.29, 0.717) is 11.8 Å². The molecule has 0 spiro atoms. The lowest BCUT2D eigenvalue weighted by molar-refractivity contribution is -0.155. The molecule has 1 saturated carbocycles. The van der Waals surface area contributed by atoms with Crippen molar-refractivity contribution in [3.63, 3.8) is 0 Å². The molecule has 2 fully saturated rings. The molecule has 98 valence electrons. The number of hydrogen-bond donors (Lipinski definition) is 0. The Hall–Kier alpha value is -1.12. The third kappa shape index (κ3) is 1.20. The van der Waals surface area contributed by atoms with Gasteiger partial charge < -0.3 is 4.74 Å². The fraction of sp³-hybridized carbons (Fsp3) is 0.733. The van der Waals surface area contributed by atoms with Gasteiger partial charge in [0.25, 0.3) is 0 Å². The number of ether oxygens (including phenoxy) is 1. The first-order valence-electron chi connectivity index (χ1n) is 6.85. The lowest BCUT2D eigenvalue weighted by Gasteiger charge is -2.51. The first kappa shape index (κ1) is 11.9. The van der Waals surface area contributed by atoms with Gasteiger partial charge in [0.1, 0.15) is 0 Å². The van der Waals surface area contributed by atoms with Crippen LogP contribution in [-0.4, -0.2) is 11.9 Å². The Morgan fingerprint density at radius 3 is 2.67 bits per heavy atom. The van der Waals surface area contributed by atoms with Gasteiger partial charge in [-0.15, -0.1) is 0 Å². The van der Waals surface area contributed by atoms with Crippen molar-refractivity contribution in [2.24, 2.45) is 35.0 Å². The molecule has 1 aliphatic heterocycles. The molecule has 3 heteroatoms. The Morgan fingerprint density at radius 2 is 2.06 bits per heavy atom. The lowest BCUT2D eigenvalue weighted by atomic mass is 9.48. The Morgan fingerprint density at radius 1 is 1.39 bits per heavy atom. The van der Waals surface area contributed by atoms with Gasteiger partial charge in [-0.25, -0.2) is 0 Å². The summed E-state index contributed by atoms with van der Waals surface area (Å²) in [6.45, 7) is 8.44. The summed E-state index contributed by atoms with van der Waals surface area (Å²) in [6.07, 6.45) is 3.26. The summed E-state index contributed by atoms with van der Waals surface area (Å²) in [5.41, 5.74) is 0.742. The summed E-state index contributed by atoms with van der Waals surface area (Å²) < 4.78 is 4.96. The molecule has 5 atom stereocenters. The van der Waals surface area contributed by atoms with E-state index in [4.69, 9.17) is 4.74 Å². The van der Waals surface area contributed by atoms with Crippen LogP contribution in [-0.2, 0) is 14.3 Å². The Balaban J connectivity index is 2.15. The van der Waals surface area contributed by atoms with E-state index >= 15 is 0 Å². The zero-order chi connectivity index (χ0) is 13.2. The Kier molecular flexibility index (Phi) is 2.30. The van der Waals surface area contributed by atoms with Crippen molar-refractivity contribution >= 4 is 11.9 Å². The van der Waals surface area contributed by atoms with Crippen LogP contribution in [0.5, 0.6) is 0 Å². The molecule has 0 aromatic rings. The SMILES string of the molecule is CC(C)C1=CC2C(C)CC1C1(C)C(=O)OC(=O)C21. The van der Waals surface area contributed by atoms with Crippen LogP contribution in [0.3, 0.4) is 0 Å². The highest BCUT2D eigenvalue weighted by molar-refractivity contribution is 6.00. The quantitative estimate of drug-likeness (QED) is 0.407. The number of carbonyl (C=O) groups excluding carboxylic acids is 2. The highest BCUT2D eigenvalue weighted by atomic mass is 16.6. The van der Waals surface area contributed by atoms with Gasteiger partial charge in [0, 0.05) is 0 Å². The number of carbonyl (C=O) groups is 2. The summed E-state index contributed by atoms with van der Waals surface area (Å²) in [7, 11) is 0. The lowest BCUT2D eigenvalue weighted by Crippen LogP contribution is -2.52. The van der Waals surface area contributed by atoms with Crippen molar-refractivity contribution in [2.45, 2.75) is 34.1 Å². The minimum Gasteiger partial charge on any atom is -0.392 e. The molecular weight excluding hydrogens is 228 g/mol. The van der Waals surface area contributed by atoms with Crippen molar-refractivity contribution in [3.05, 3.63) is 11.6 Å². The van der Waals surface area contributed by atoms with Gasteiger partial charge in [0.05, 0.1) is 11.3 Å². The van der Waals surface area contributed by atoms with E-state index in [2.05, 4.69) is 26.8 Å². The van der Waals surface area contributed by atoms with Crippen molar-refractivity contribution < 1.29 is 14.3 Å². The Labute approximate surface area is 108 Å². The monoisotopic (exact) mass is 248 g/mol. The zero-order valence-corrected chi connectivity index (χ0v) is 11.4.